The molecule has 0 aromatic carbocycles. The monoisotopic (exact) mass is 150 g/mol. The van der Waals surface area contributed by atoms with Crippen LogP contribution < -0.4 is 0 Å². The van der Waals surface area contributed by atoms with Gasteiger partial charge in [0, 0.05) is 0 Å². The van der Waals surface area contributed by atoms with Crippen molar-refractivity contribution in [3.8, 4) is 0 Å². The Labute approximate surface area is 57.1 Å². The zero-order valence-electron chi connectivity index (χ0n) is 5.35. The molecule has 0 saturated carbocycles. The van der Waals surface area contributed by atoms with Crippen LogP contribution in [0.4, 0.5) is 0 Å². The summed E-state index contributed by atoms with van der Waals surface area (Å²) in [5.74, 6) is -1.09. The van der Waals surface area contributed by atoms with Crippen LogP contribution in [0.1, 0.15) is 13.3 Å². The second-order valence-electron chi connectivity index (χ2n) is 1.75. The zero-order chi connectivity index (χ0) is 8.15. The molecule has 1 atom stereocenters. The Morgan fingerprint density at radius 2 is 2.40 bits per heavy atom. The third-order valence-corrected chi connectivity index (χ3v) is 0.732. The number of rotatable bonds is 4. The Hall–Kier alpha value is -0.690. The number of aliphatic carboxylic acids is 1. The maximum Gasteiger partial charge on any atom is 0.306 e. The van der Waals surface area contributed by atoms with Crippen molar-refractivity contribution in [2.45, 2.75) is 19.4 Å². The fourth-order valence-electron chi connectivity index (χ4n) is 0.437. The van der Waals surface area contributed by atoms with Gasteiger partial charge >= 0.3 is 5.97 Å². The standard InChI is InChI=1S/C4H8NO5/c1-3(2-4(6)7)10-5(8)9/h3,8H,2H2,1H3,(H,6,7)/q-1. The lowest BCUT2D eigenvalue weighted by Gasteiger charge is -2.21. The van der Waals surface area contributed by atoms with E-state index in [2.05, 4.69) is 4.84 Å². The average molecular weight is 150 g/mol. The highest BCUT2D eigenvalue weighted by Gasteiger charge is 2.07. The predicted octanol–water partition coefficient (Wildman–Crippen LogP) is -0.0298. The van der Waals surface area contributed by atoms with E-state index in [1.165, 1.54) is 6.92 Å². The molecule has 0 aromatic rings. The summed E-state index contributed by atoms with van der Waals surface area (Å²) < 4.78 is 0. The van der Waals surface area contributed by atoms with Gasteiger partial charge in [0.25, 0.3) is 0 Å². The Balaban J connectivity index is 3.43. The summed E-state index contributed by atoms with van der Waals surface area (Å²) in [4.78, 5) is 13.9. The van der Waals surface area contributed by atoms with Crippen LogP contribution in [0, 0.1) is 5.21 Å². The molecule has 0 bridgehead atoms. The van der Waals surface area contributed by atoms with E-state index in [1.807, 2.05) is 0 Å². The van der Waals surface area contributed by atoms with Crippen molar-refractivity contribution in [2.75, 3.05) is 0 Å². The molecule has 0 aliphatic carbocycles. The first kappa shape index (κ1) is 9.31. The number of hydrogen-bond acceptors (Lipinski definition) is 5. The lowest BCUT2D eigenvalue weighted by molar-refractivity contribution is -0.325. The van der Waals surface area contributed by atoms with Crippen molar-refractivity contribution in [1.82, 2.24) is 5.39 Å². The van der Waals surface area contributed by atoms with E-state index in [0.717, 1.165) is 0 Å². The van der Waals surface area contributed by atoms with Gasteiger partial charge in [-0.15, -0.1) is 5.39 Å². The molecule has 60 valence electrons. The third kappa shape index (κ3) is 5.45. The van der Waals surface area contributed by atoms with Gasteiger partial charge in [0.15, 0.2) is 0 Å². The summed E-state index contributed by atoms with van der Waals surface area (Å²) >= 11 is 0. The maximum absolute atomic E-state index is 9.91. The van der Waals surface area contributed by atoms with E-state index in [-0.39, 0.29) is 6.42 Å². The van der Waals surface area contributed by atoms with Crippen LogP contribution >= 0.6 is 0 Å². The van der Waals surface area contributed by atoms with Crippen LogP contribution in [-0.2, 0) is 9.63 Å². The molecule has 0 saturated heterocycles. The summed E-state index contributed by atoms with van der Waals surface area (Å²) in [6.07, 6.45) is -1.14. The molecule has 0 aliphatic heterocycles. The fraction of sp³-hybridized carbons (Fsp3) is 0.750. The average Bonchev–Trinajstić information content (AvgIpc) is 1.58. The smallest absolute Gasteiger partial charge is 0.306 e. The van der Waals surface area contributed by atoms with E-state index < -0.39 is 17.5 Å². The van der Waals surface area contributed by atoms with Gasteiger partial charge in [0.2, 0.25) is 0 Å². The van der Waals surface area contributed by atoms with E-state index in [4.69, 9.17) is 10.3 Å². The maximum atomic E-state index is 9.91. The molecule has 1 unspecified atom stereocenters. The van der Waals surface area contributed by atoms with Crippen LogP contribution in [0.5, 0.6) is 0 Å². The van der Waals surface area contributed by atoms with E-state index in [1.54, 1.807) is 0 Å². The number of carbonyl (C=O) groups is 1. The van der Waals surface area contributed by atoms with Gasteiger partial charge < -0.3 is 15.5 Å². The first-order valence-electron chi connectivity index (χ1n) is 2.57. The first-order chi connectivity index (χ1) is 4.52. The molecule has 2 N–H and O–H groups in total. The highest BCUT2D eigenvalue weighted by atomic mass is 17.1. The van der Waals surface area contributed by atoms with E-state index >= 15 is 0 Å². The minimum absolute atomic E-state index is 0.320. The van der Waals surface area contributed by atoms with Gasteiger partial charge in [-0.05, 0) is 6.92 Å². The van der Waals surface area contributed by atoms with E-state index in [9.17, 15) is 10.0 Å². The van der Waals surface area contributed by atoms with Gasteiger partial charge in [-0.2, -0.15) is 0 Å². The van der Waals surface area contributed by atoms with Crippen molar-refractivity contribution in [2.24, 2.45) is 0 Å². The molecule has 0 fully saturated rings. The predicted molar refractivity (Wildman–Crippen MR) is 29.8 cm³/mol. The molecule has 0 radical (unpaired) electrons. The van der Waals surface area contributed by atoms with Crippen LogP contribution in [0.25, 0.3) is 0 Å². The van der Waals surface area contributed by atoms with Gasteiger partial charge in [-0.3, -0.25) is 9.63 Å². The van der Waals surface area contributed by atoms with Gasteiger partial charge in [-0.1, -0.05) is 0 Å². The van der Waals surface area contributed by atoms with Crippen molar-refractivity contribution < 1.29 is 19.9 Å². The molecule has 0 spiro atoms. The van der Waals surface area contributed by atoms with Crippen LogP contribution in [0.3, 0.4) is 0 Å². The molecule has 10 heavy (non-hydrogen) atoms. The van der Waals surface area contributed by atoms with E-state index in [0.29, 0.717) is 0 Å². The molecule has 0 rings (SSSR count). The second kappa shape index (κ2) is 4.18. The number of carboxylic acid groups (broad SMARTS) is 1. The van der Waals surface area contributed by atoms with Crippen LogP contribution in [-0.4, -0.2) is 27.8 Å². The molecule has 0 aromatic heterocycles. The lowest BCUT2D eigenvalue weighted by atomic mass is 10.3. The van der Waals surface area contributed by atoms with Gasteiger partial charge in [0.05, 0.1) is 12.5 Å². The van der Waals surface area contributed by atoms with Gasteiger partial charge in [0.1, 0.15) is 0 Å². The highest BCUT2D eigenvalue weighted by Crippen LogP contribution is 1.97. The topological polar surface area (TPSA) is 93.1 Å². The summed E-state index contributed by atoms with van der Waals surface area (Å²) in [5.41, 5.74) is 0. The Kier molecular flexibility index (Phi) is 3.89. The summed E-state index contributed by atoms with van der Waals surface area (Å²) in [6, 6.07) is 0. The van der Waals surface area contributed by atoms with Gasteiger partial charge in [-0.25, -0.2) is 0 Å². The summed E-state index contributed by atoms with van der Waals surface area (Å²) in [6.45, 7) is 1.36. The SMILES string of the molecule is CC(CC(=O)O)ON([O-])O. The minimum Gasteiger partial charge on any atom is -0.738 e. The first-order valence-corrected chi connectivity index (χ1v) is 2.57. The second-order valence-corrected chi connectivity index (χ2v) is 1.75. The Morgan fingerprint density at radius 1 is 1.90 bits per heavy atom. The lowest BCUT2D eigenvalue weighted by Crippen LogP contribution is -2.22. The normalized spacial score (nSPS) is 13.6. The molecule has 0 heterocycles. The van der Waals surface area contributed by atoms with Crippen molar-refractivity contribution in [3.63, 3.8) is 0 Å². The van der Waals surface area contributed by atoms with Crippen molar-refractivity contribution in [3.05, 3.63) is 5.21 Å². The molecule has 0 aliphatic rings. The third-order valence-electron chi connectivity index (χ3n) is 0.732. The molecular formula is C4H8NO5-. The van der Waals surface area contributed by atoms with Crippen molar-refractivity contribution in [1.29, 1.82) is 0 Å². The summed E-state index contributed by atoms with van der Waals surface area (Å²) in [7, 11) is 0. The fourth-order valence-corrected chi connectivity index (χ4v) is 0.437. The van der Waals surface area contributed by atoms with Crippen LogP contribution in [0.2, 0.25) is 0 Å². The molecule has 6 nitrogen and oxygen atoms in total. The Bertz CT molecular complexity index is 114. The van der Waals surface area contributed by atoms with Crippen molar-refractivity contribution >= 4 is 5.97 Å². The summed E-state index contributed by atoms with van der Waals surface area (Å²) in [5, 5.41) is 24.9. The Morgan fingerprint density at radius 3 is 2.70 bits per heavy atom. The quantitative estimate of drug-likeness (QED) is 0.546. The highest BCUT2D eigenvalue weighted by molar-refractivity contribution is 5.67. The molecule has 0 amide bonds. The number of carboxylic acids is 1. The van der Waals surface area contributed by atoms with Crippen LogP contribution in [0.15, 0.2) is 0 Å². The largest absolute Gasteiger partial charge is 0.738 e. The molecular weight excluding hydrogens is 142 g/mol. The number of nitrogens with zero attached hydrogens (tertiary/aromatic N) is 1. The number of hydrogen-bond donors (Lipinski definition) is 2. The zero-order valence-corrected chi connectivity index (χ0v) is 5.35. The molecule has 6 heteroatoms. The minimum atomic E-state index is -1.09.